The molecule has 1 aromatic rings. The highest BCUT2D eigenvalue weighted by Gasteiger charge is 2.43. The van der Waals surface area contributed by atoms with Gasteiger partial charge < -0.3 is 5.32 Å². The van der Waals surface area contributed by atoms with E-state index in [1.807, 2.05) is 12.4 Å². The van der Waals surface area contributed by atoms with E-state index in [9.17, 15) is 0 Å². The highest BCUT2D eigenvalue weighted by atomic mass is 15.0. The molecule has 1 saturated carbocycles. The number of nitrogens with zero attached hydrogens (tertiary/aromatic N) is 1. The van der Waals surface area contributed by atoms with Crippen LogP contribution in [0, 0.1) is 5.92 Å². The van der Waals surface area contributed by atoms with Crippen LogP contribution in [-0.2, 0) is 5.41 Å². The fourth-order valence-corrected chi connectivity index (χ4v) is 2.90. The zero-order valence-corrected chi connectivity index (χ0v) is 11.5. The van der Waals surface area contributed by atoms with Gasteiger partial charge in [0.15, 0.2) is 0 Å². The fraction of sp³-hybridized carbons (Fsp3) is 0.667. The van der Waals surface area contributed by atoms with Gasteiger partial charge in [-0.3, -0.25) is 4.98 Å². The molecule has 0 radical (unpaired) electrons. The summed E-state index contributed by atoms with van der Waals surface area (Å²) in [7, 11) is 0. The van der Waals surface area contributed by atoms with Crippen molar-refractivity contribution in [2.24, 2.45) is 5.92 Å². The Morgan fingerprint density at radius 3 is 2.35 bits per heavy atom. The van der Waals surface area contributed by atoms with Gasteiger partial charge in [0.25, 0.3) is 0 Å². The van der Waals surface area contributed by atoms with E-state index in [0.717, 1.165) is 12.5 Å². The molecule has 0 atom stereocenters. The molecule has 17 heavy (non-hydrogen) atoms. The maximum absolute atomic E-state index is 4.12. The first kappa shape index (κ1) is 12.6. The Balaban J connectivity index is 2.12. The minimum atomic E-state index is 0.193. The smallest absolute Gasteiger partial charge is 0.0270 e. The van der Waals surface area contributed by atoms with E-state index in [4.69, 9.17) is 0 Å². The largest absolute Gasteiger partial charge is 0.311 e. The Labute approximate surface area is 105 Å². The average Bonchev–Trinajstić information content (AvgIpc) is 2.23. The van der Waals surface area contributed by atoms with Crippen molar-refractivity contribution < 1.29 is 0 Å². The Morgan fingerprint density at radius 2 is 1.88 bits per heavy atom. The first-order valence-electron chi connectivity index (χ1n) is 6.57. The molecule has 2 nitrogen and oxygen atoms in total. The Hall–Kier alpha value is -0.890. The normalized spacial score (nSPS) is 28.8. The summed E-state index contributed by atoms with van der Waals surface area (Å²) >= 11 is 0. The van der Waals surface area contributed by atoms with E-state index in [0.29, 0.717) is 5.41 Å². The molecule has 1 aromatic heterocycles. The van der Waals surface area contributed by atoms with Gasteiger partial charge in [0.2, 0.25) is 0 Å². The number of aromatic nitrogens is 1. The van der Waals surface area contributed by atoms with E-state index < -0.39 is 0 Å². The second-order valence-corrected chi connectivity index (χ2v) is 6.63. The molecule has 1 N–H and O–H groups in total. The van der Waals surface area contributed by atoms with Crippen LogP contribution >= 0.6 is 0 Å². The molecule has 1 fully saturated rings. The summed E-state index contributed by atoms with van der Waals surface area (Å²) in [6.07, 6.45) is 6.41. The standard InChI is InChI=1S/C15H24N2/c1-12-9-15(10-12,11-17-14(2,3)4)13-5-7-16-8-6-13/h5-8,12,17H,9-11H2,1-4H3. The number of hydrogen-bond acceptors (Lipinski definition) is 2. The number of hydrogen-bond donors (Lipinski definition) is 1. The molecule has 94 valence electrons. The summed E-state index contributed by atoms with van der Waals surface area (Å²) in [5.74, 6) is 0.852. The molecule has 0 bridgehead atoms. The van der Waals surface area contributed by atoms with Gasteiger partial charge in [-0.25, -0.2) is 0 Å². The van der Waals surface area contributed by atoms with Gasteiger partial charge in [-0.2, -0.15) is 0 Å². The van der Waals surface area contributed by atoms with Crippen LogP contribution in [0.25, 0.3) is 0 Å². The monoisotopic (exact) mass is 232 g/mol. The molecule has 0 amide bonds. The Kier molecular flexibility index (Phi) is 3.26. The molecule has 1 aliphatic carbocycles. The fourth-order valence-electron chi connectivity index (χ4n) is 2.90. The number of pyridine rings is 1. The zero-order chi connectivity index (χ0) is 12.5. The third kappa shape index (κ3) is 2.86. The number of nitrogens with one attached hydrogen (secondary N) is 1. The van der Waals surface area contributed by atoms with Crippen molar-refractivity contribution >= 4 is 0 Å². The topological polar surface area (TPSA) is 24.9 Å². The van der Waals surface area contributed by atoms with Crippen molar-refractivity contribution in [2.45, 2.75) is 51.5 Å². The maximum atomic E-state index is 4.12. The van der Waals surface area contributed by atoms with Crippen LogP contribution in [0.4, 0.5) is 0 Å². The van der Waals surface area contributed by atoms with Crippen LogP contribution in [0.1, 0.15) is 46.1 Å². The predicted octanol–water partition coefficient (Wildman–Crippen LogP) is 3.14. The zero-order valence-electron chi connectivity index (χ0n) is 11.5. The summed E-state index contributed by atoms with van der Waals surface area (Å²) < 4.78 is 0. The van der Waals surface area contributed by atoms with Crippen molar-refractivity contribution in [3.8, 4) is 0 Å². The molecule has 2 rings (SSSR count). The van der Waals surface area contributed by atoms with Crippen LogP contribution in [0.3, 0.4) is 0 Å². The van der Waals surface area contributed by atoms with Crippen molar-refractivity contribution in [3.05, 3.63) is 30.1 Å². The summed E-state index contributed by atoms with van der Waals surface area (Å²) in [6.45, 7) is 10.1. The van der Waals surface area contributed by atoms with Gasteiger partial charge in [-0.1, -0.05) is 6.92 Å². The Bertz CT molecular complexity index is 358. The Morgan fingerprint density at radius 1 is 1.29 bits per heavy atom. The van der Waals surface area contributed by atoms with Crippen molar-refractivity contribution in [1.29, 1.82) is 0 Å². The molecule has 0 aliphatic heterocycles. The van der Waals surface area contributed by atoms with Gasteiger partial charge in [0.1, 0.15) is 0 Å². The second kappa shape index (κ2) is 4.41. The van der Waals surface area contributed by atoms with Gasteiger partial charge in [0.05, 0.1) is 0 Å². The summed E-state index contributed by atoms with van der Waals surface area (Å²) in [6, 6.07) is 4.35. The maximum Gasteiger partial charge on any atom is 0.0270 e. The third-order valence-corrected chi connectivity index (χ3v) is 3.73. The minimum Gasteiger partial charge on any atom is -0.311 e. The molecule has 1 heterocycles. The molecule has 1 aliphatic rings. The van der Waals surface area contributed by atoms with Crippen LogP contribution in [0.5, 0.6) is 0 Å². The molecular formula is C15H24N2. The average molecular weight is 232 g/mol. The molecule has 0 saturated heterocycles. The lowest BCUT2D eigenvalue weighted by Crippen LogP contribution is -2.52. The van der Waals surface area contributed by atoms with Crippen molar-refractivity contribution in [3.63, 3.8) is 0 Å². The van der Waals surface area contributed by atoms with E-state index in [1.54, 1.807) is 0 Å². The first-order chi connectivity index (χ1) is 7.91. The molecular weight excluding hydrogens is 208 g/mol. The molecule has 0 unspecified atom stereocenters. The molecule has 2 heteroatoms. The quantitative estimate of drug-likeness (QED) is 0.866. The van der Waals surface area contributed by atoms with Gasteiger partial charge in [-0.05, 0) is 57.2 Å². The van der Waals surface area contributed by atoms with Crippen molar-refractivity contribution in [2.75, 3.05) is 6.54 Å². The SMILES string of the molecule is CC1CC(CNC(C)(C)C)(c2ccncc2)C1. The van der Waals surface area contributed by atoms with Crippen LogP contribution < -0.4 is 5.32 Å². The lowest BCUT2D eigenvalue weighted by atomic mass is 9.59. The first-order valence-corrected chi connectivity index (χ1v) is 6.57. The molecule has 0 aromatic carbocycles. The highest BCUT2D eigenvalue weighted by Crippen LogP contribution is 2.47. The van der Waals surface area contributed by atoms with Crippen LogP contribution in [-0.4, -0.2) is 17.1 Å². The van der Waals surface area contributed by atoms with E-state index in [2.05, 4.69) is 50.1 Å². The van der Waals surface area contributed by atoms with Crippen LogP contribution in [0.15, 0.2) is 24.5 Å². The van der Waals surface area contributed by atoms with Crippen molar-refractivity contribution in [1.82, 2.24) is 10.3 Å². The summed E-state index contributed by atoms with van der Waals surface area (Å²) in [5.41, 5.74) is 1.98. The van der Waals surface area contributed by atoms with Crippen LogP contribution in [0.2, 0.25) is 0 Å². The minimum absolute atomic E-state index is 0.193. The van der Waals surface area contributed by atoms with Gasteiger partial charge in [-0.15, -0.1) is 0 Å². The van der Waals surface area contributed by atoms with E-state index >= 15 is 0 Å². The van der Waals surface area contributed by atoms with Gasteiger partial charge in [0, 0.05) is 29.9 Å². The van der Waals surface area contributed by atoms with E-state index in [1.165, 1.54) is 18.4 Å². The number of rotatable bonds is 3. The second-order valence-electron chi connectivity index (χ2n) is 6.63. The summed E-state index contributed by atoms with van der Waals surface area (Å²) in [4.78, 5) is 4.12. The summed E-state index contributed by atoms with van der Waals surface area (Å²) in [5, 5.41) is 3.66. The highest BCUT2D eigenvalue weighted by molar-refractivity contribution is 5.27. The lowest BCUT2D eigenvalue weighted by molar-refractivity contribution is 0.142. The lowest BCUT2D eigenvalue weighted by Gasteiger charge is -2.48. The van der Waals surface area contributed by atoms with Gasteiger partial charge >= 0.3 is 0 Å². The predicted molar refractivity (Wildman–Crippen MR) is 72.1 cm³/mol. The molecule has 0 spiro atoms. The third-order valence-electron chi connectivity index (χ3n) is 3.73. The van der Waals surface area contributed by atoms with E-state index in [-0.39, 0.29) is 5.54 Å².